The molecule has 0 saturated carbocycles. The molecule has 0 aliphatic rings. The van der Waals surface area contributed by atoms with Crippen LogP contribution in [0, 0.1) is 12.7 Å². The summed E-state index contributed by atoms with van der Waals surface area (Å²) in [6.45, 7) is 1.90. The second-order valence-corrected chi connectivity index (χ2v) is 5.10. The Bertz CT molecular complexity index is 814. The molecule has 0 aliphatic heterocycles. The fourth-order valence-corrected chi connectivity index (χ4v) is 2.44. The lowest BCUT2D eigenvalue weighted by Gasteiger charge is -2.06. The van der Waals surface area contributed by atoms with Gasteiger partial charge in [-0.3, -0.25) is 0 Å². The largest absolute Gasteiger partial charge is 0.380 e. The van der Waals surface area contributed by atoms with E-state index < -0.39 is 0 Å². The predicted molar refractivity (Wildman–Crippen MR) is 81.5 cm³/mol. The summed E-state index contributed by atoms with van der Waals surface area (Å²) in [4.78, 5) is 0. The minimum atomic E-state index is -0.352. The van der Waals surface area contributed by atoms with Gasteiger partial charge in [-0.1, -0.05) is 41.0 Å². The number of nitrogen functional groups attached to an aromatic ring is 1. The molecule has 1 aromatic heterocycles. The van der Waals surface area contributed by atoms with Crippen LogP contribution in [0.15, 0.2) is 47.0 Å². The fraction of sp³-hybridized carbons (Fsp3) is 0.0625. The van der Waals surface area contributed by atoms with Gasteiger partial charge < -0.3 is 10.3 Å². The summed E-state index contributed by atoms with van der Waals surface area (Å²) >= 11 is 6.33. The molecule has 0 spiro atoms. The zero-order chi connectivity index (χ0) is 15.0. The molecule has 0 fully saturated rings. The van der Waals surface area contributed by atoms with E-state index in [2.05, 4.69) is 5.16 Å². The Labute approximate surface area is 126 Å². The van der Waals surface area contributed by atoms with Crippen LogP contribution in [-0.4, -0.2) is 5.16 Å². The first-order chi connectivity index (χ1) is 10.1. The Balaban J connectivity index is 2.24. The maximum absolute atomic E-state index is 13.5. The molecular formula is C16H12ClFN2O. The average Bonchev–Trinajstić information content (AvgIpc) is 2.83. The van der Waals surface area contributed by atoms with E-state index >= 15 is 0 Å². The first-order valence-electron chi connectivity index (χ1n) is 6.34. The van der Waals surface area contributed by atoms with E-state index in [-0.39, 0.29) is 11.6 Å². The topological polar surface area (TPSA) is 52.0 Å². The molecule has 0 radical (unpaired) electrons. The van der Waals surface area contributed by atoms with Crippen molar-refractivity contribution in [2.24, 2.45) is 0 Å². The van der Waals surface area contributed by atoms with Crippen LogP contribution in [0.2, 0.25) is 5.02 Å². The molecule has 1 heterocycles. The highest BCUT2D eigenvalue weighted by Crippen LogP contribution is 2.40. The highest BCUT2D eigenvalue weighted by Gasteiger charge is 2.20. The summed E-state index contributed by atoms with van der Waals surface area (Å²) < 4.78 is 18.8. The smallest absolute Gasteiger partial charge is 0.178 e. The number of aromatic nitrogens is 1. The van der Waals surface area contributed by atoms with Crippen molar-refractivity contribution >= 4 is 17.4 Å². The number of nitrogens with two attached hydrogens (primary N) is 1. The normalized spacial score (nSPS) is 10.8. The van der Waals surface area contributed by atoms with E-state index in [1.54, 1.807) is 12.1 Å². The Kier molecular flexibility index (Phi) is 3.39. The van der Waals surface area contributed by atoms with Crippen molar-refractivity contribution in [2.75, 3.05) is 5.73 Å². The molecule has 0 bridgehead atoms. The Morgan fingerprint density at radius 2 is 1.95 bits per heavy atom. The van der Waals surface area contributed by atoms with Crippen molar-refractivity contribution in [3.63, 3.8) is 0 Å². The highest BCUT2D eigenvalue weighted by atomic mass is 35.5. The van der Waals surface area contributed by atoms with E-state index in [9.17, 15) is 4.39 Å². The lowest BCUT2D eigenvalue weighted by molar-refractivity contribution is 0.436. The third-order valence-electron chi connectivity index (χ3n) is 3.27. The summed E-state index contributed by atoms with van der Waals surface area (Å²) in [5.74, 6) is 0.286. The third kappa shape index (κ3) is 2.38. The Morgan fingerprint density at radius 3 is 2.71 bits per heavy atom. The van der Waals surface area contributed by atoms with Gasteiger partial charge in [0.05, 0.1) is 10.6 Å². The molecule has 0 aliphatic carbocycles. The number of nitrogens with zero attached hydrogens (tertiary/aromatic N) is 1. The van der Waals surface area contributed by atoms with E-state index in [0.717, 1.165) is 5.56 Å². The Morgan fingerprint density at radius 1 is 1.19 bits per heavy atom. The van der Waals surface area contributed by atoms with Crippen LogP contribution in [-0.2, 0) is 0 Å². The molecule has 0 amide bonds. The molecule has 0 saturated heterocycles. The zero-order valence-corrected chi connectivity index (χ0v) is 12.0. The van der Waals surface area contributed by atoms with Crippen LogP contribution in [0.25, 0.3) is 22.5 Å². The van der Waals surface area contributed by atoms with Crippen molar-refractivity contribution in [1.82, 2.24) is 5.16 Å². The van der Waals surface area contributed by atoms with Crippen LogP contribution in [0.3, 0.4) is 0 Å². The van der Waals surface area contributed by atoms with Crippen LogP contribution in [0.4, 0.5) is 10.2 Å². The number of hydrogen-bond acceptors (Lipinski definition) is 3. The number of halogens is 2. The van der Waals surface area contributed by atoms with Gasteiger partial charge in [-0.25, -0.2) is 4.39 Å². The van der Waals surface area contributed by atoms with Crippen molar-refractivity contribution < 1.29 is 8.91 Å². The summed E-state index contributed by atoms with van der Waals surface area (Å²) in [5.41, 5.74) is 8.61. The molecule has 0 unspecified atom stereocenters. The van der Waals surface area contributed by atoms with Crippen LogP contribution in [0.5, 0.6) is 0 Å². The molecule has 2 N–H and O–H groups in total. The van der Waals surface area contributed by atoms with Crippen molar-refractivity contribution in [2.45, 2.75) is 6.92 Å². The summed E-state index contributed by atoms with van der Waals surface area (Å²) in [5, 5.41) is 4.35. The number of anilines is 1. The van der Waals surface area contributed by atoms with Gasteiger partial charge in [0.1, 0.15) is 5.82 Å². The van der Waals surface area contributed by atoms with Crippen LogP contribution in [0.1, 0.15) is 5.56 Å². The molecule has 3 aromatic rings. The molecule has 5 heteroatoms. The first-order valence-corrected chi connectivity index (χ1v) is 6.72. The lowest BCUT2D eigenvalue weighted by Crippen LogP contribution is -1.90. The van der Waals surface area contributed by atoms with Gasteiger partial charge in [0.15, 0.2) is 11.6 Å². The minimum absolute atomic E-state index is 0.202. The Hall–Kier alpha value is -2.33. The standard InChI is InChI=1S/C16H12ClFN2O/c1-9-4-2-7-12(14(9)17)15-13(16(19)20-21-15)10-5-3-6-11(18)8-10/h2-8H,1H3,(H2,19,20). The van der Waals surface area contributed by atoms with Gasteiger partial charge in [-0.2, -0.15) is 0 Å². The molecule has 3 nitrogen and oxygen atoms in total. The van der Waals surface area contributed by atoms with Gasteiger partial charge in [-0.05, 0) is 36.2 Å². The summed E-state index contributed by atoms with van der Waals surface area (Å²) in [6, 6.07) is 11.7. The van der Waals surface area contributed by atoms with Gasteiger partial charge >= 0.3 is 0 Å². The van der Waals surface area contributed by atoms with Crippen LogP contribution < -0.4 is 5.73 Å². The maximum Gasteiger partial charge on any atom is 0.178 e. The molecule has 3 rings (SSSR count). The average molecular weight is 303 g/mol. The summed E-state index contributed by atoms with van der Waals surface area (Å²) in [7, 11) is 0. The van der Waals surface area contributed by atoms with Gasteiger partial charge in [0.25, 0.3) is 0 Å². The zero-order valence-electron chi connectivity index (χ0n) is 11.2. The molecular weight excluding hydrogens is 291 g/mol. The first kappa shape index (κ1) is 13.6. The summed E-state index contributed by atoms with van der Waals surface area (Å²) in [6.07, 6.45) is 0. The predicted octanol–water partition coefficient (Wildman–Crippen LogP) is 4.69. The quantitative estimate of drug-likeness (QED) is 0.747. The molecule has 21 heavy (non-hydrogen) atoms. The van der Waals surface area contributed by atoms with Gasteiger partial charge in [0, 0.05) is 5.56 Å². The molecule has 106 valence electrons. The SMILES string of the molecule is Cc1cccc(-c2onc(N)c2-c2cccc(F)c2)c1Cl. The number of hydrogen-bond donors (Lipinski definition) is 1. The van der Waals surface area contributed by atoms with Crippen molar-refractivity contribution in [3.05, 3.63) is 58.9 Å². The fourth-order valence-electron chi connectivity index (χ4n) is 2.23. The van der Waals surface area contributed by atoms with Gasteiger partial charge in [0.2, 0.25) is 0 Å². The van der Waals surface area contributed by atoms with E-state index in [1.807, 2.05) is 25.1 Å². The lowest BCUT2D eigenvalue weighted by atomic mass is 10.0. The molecule has 0 atom stereocenters. The van der Waals surface area contributed by atoms with Crippen molar-refractivity contribution in [1.29, 1.82) is 0 Å². The number of benzene rings is 2. The van der Waals surface area contributed by atoms with E-state index in [4.69, 9.17) is 21.9 Å². The number of rotatable bonds is 2. The van der Waals surface area contributed by atoms with Crippen LogP contribution >= 0.6 is 11.6 Å². The van der Waals surface area contributed by atoms with Gasteiger partial charge in [-0.15, -0.1) is 0 Å². The number of aryl methyl sites for hydroxylation is 1. The van der Waals surface area contributed by atoms with Crippen molar-refractivity contribution in [3.8, 4) is 22.5 Å². The second-order valence-electron chi connectivity index (χ2n) is 4.72. The van der Waals surface area contributed by atoms with E-state index in [1.165, 1.54) is 12.1 Å². The molecule has 2 aromatic carbocycles. The maximum atomic E-state index is 13.5. The minimum Gasteiger partial charge on any atom is -0.380 e. The van der Waals surface area contributed by atoms with E-state index in [0.29, 0.717) is 27.5 Å². The second kappa shape index (κ2) is 5.22. The monoisotopic (exact) mass is 302 g/mol. The third-order valence-corrected chi connectivity index (χ3v) is 3.77. The highest BCUT2D eigenvalue weighted by molar-refractivity contribution is 6.34.